The highest BCUT2D eigenvalue weighted by Crippen LogP contribution is 2.21. The van der Waals surface area contributed by atoms with Crippen LogP contribution < -0.4 is 0 Å². The number of rotatable bonds is 1. The van der Waals surface area contributed by atoms with Gasteiger partial charge in [0.1, 0.15) is 5.69 Å². The summed E-state index contributed by atoms with van der Waals surface area (Å²) in [5.74, 6) is 0. The second-order valence-corrected chi connectivity index (χ2v) is 2.46. The predicted molar refractivity (Wildman–Crippen MR) is 41.6 cm³/mol. The van der Waals surface area contributed by atoms with Crippen molar-refractivity contribution in [2.45, 2.75) is 6.92 Å². The van der Waals surface area contributed by atoms with E-state index in [4.69, 9.17) is 11.6 Å². The Morgan fingerprint density at radius 2 is 2.20 bits per heavy atom. The molecule has 0 radical (unpaired) electrons. The second-order valence-electron chi connectivity index (χ2n) is 2.02. The van der Waals surface area contributed by atoms with Crippen LogP contribution in [0.1, 0.15) is 5.56 Å². The first-order valence-electron chi connectivity index (χ1n) is 2.83. The highest BCUT2D eigenvalue weighted by atomic mass is 35.5. The Labute approximate surface area is 63.8 Å². The zero-order valence-electron chi connectivity index (χ0n) is 5.47. The van der Waals surface area contributed by atoms with Crippen molar-refractivity contribution < 1.29 is 0 Å². The fraction of sp³-hybridized carbons (Fsp3) is 0.143. The van der Waals surface area contributed by atoms with E-state index in [0.29, 0.717) is 10.7 Å². The van der Waals surface area contributed by atoms with Crippen molar-refractivity contribution in [3.8, 4) is 0 Å². The van der Waals surface area contributed by atoms with Gasteiger partial charge in [-0.2, -0.15) is 0 Å². The Balaban J connectivity index is 3.19. The first-order chi connectivity index (χ1) is 4.74. The lowest BCUT2D eigenvalue weighted by atomic mass is 10.2. The van der Waals surface area contributed by atoms with Crippen LogP contribution in [0.3, 0.4) is 0 Å². The van der Waals surface area contributed by atoms with Crippen molar-refractivity contribution in [1.82, 2.24) is 0 Å². The molecule has 52 valence electrons. The van der Waals surface area contributed by atoms with Crippen molar-refractivity contribution >= 4 is 17.3 Å². The molecular weight excluding hydrogens is 150 g/mol. The van der Waals surface area contributed by atoms with Crippen LogP contribution in [0.15, 0.2) is 23.4 Å². The van der Waals surface area contributed by atoms with Crippen molar-refractivity contribution in [3.63, 3.8) is 0 Å². The number of nitrogens with zero attached hydrogens (tertiary/aromatic N) is 1. The van der Waals surface area contributed by atoms with Gasteiger partial charge >= 0.3 is 0 Å². The van der Waals surface area contributed by atoms with E-state index in [1.54, 1.807) is 25.1 Å². The quantitative estimate of drug-likeness (QED) is 0.573. The van der Waals surface area contributed by atoms with Crippen LogP contribution in [-0.4, -0.2) is 0 Å². The van der Waals surface area contributed by atoms with Gasteiger partial charge in [0.25, 0.3) is 0 Å². The van der Waals surface area contributed by atoms with E-state index in [9.17, 15) is 4.91 Å². The molecule has 0 saturated heterocycles. The predicted octanol–water partition coefficient (Wildman–Crippen LogP) is 3.05. The van der Waals surface area contributed by atoms with E-state index in [0.717, 1.165) is 5.56 Å². The van der Waals surface area contributed by atoms with E-state index in [2.05, 4.69) is 5.18 Å². The smallest absolute Gasteiger partial charge is 0.111 e. The van der Waals surface area contributed by atoms with Gasteiger partial charge in [0, 0.05) is 5.02 Å². The topological polar surface area (TPSA) is 29.4 Å². The van der Waals surface area contributed by atoms with Crippen LogP contribution >= 0.6 is 11.6 Å². The number of hydrogen-bond acceptors (Lipinski definition) is 2. The van der Waals surface area contributed by atoms with Crippen molar-refractivity contribution in [1.29, 1.82) is 0 Å². The minimum absolute atomic E-state index is 0.449. The van der Waals surface area contributed by atoms with Gasteiger partial charge in [-0.1, -0.05) is 11.6 Å². The molecule has 0 amide bonds. The maximum Gasteiger partial charge on any atom is 0.111 e. The molecule has 0 aliphatic heterocycles. The molecule has 0 unspecified atom stereocenters. The van der Waals surface area contributed by atoms with E-state index >= 15 is 0 Å². The molecule has 3 heteroatoms. The SMILES string of the molecule is Cc1cc(Cl)ccc1N=O. The Bertz CT molecular complexity index is 260. The van der Waals surface area contributed by atoms with Crippen LogP contribution in [-0.2, 0) is 0 Å². The second kappa shape index (κ2) is 2.80. The van der Waals surface area contributed by atoms with Crippen LogP contribution in [0.2, 0.25) is 5.02 Å². The average molecular weight is 156 g/mol. The maximum absolute atomic E-state index is 10.0. The number of aryl methyl sites for hydroxylation is 1. The van der Waals surface area contributed by atoms with Gasteiger partial charge in [0.2, 0.25) is 0 Å². The molecule has 1 aromatic rings. The molecule has 0 heterocycles. The molecule has 1 rings (SSSR count). The van der Waals surface area contributed by atoms with Crippen LogP contribution in [0.25, 0.3) is 0 Å². The zero-order valence-corrected chi connectivity index (χ0v) is 6.22. The van der Waals surface area contributed by atoms with Crippen LogP contribution in [0.4, 0.5) is 5.69 Å². The Morgan fingerprint density at radius 3 is 2.70 bits per heavy atom. The minimum Gasteiger partial charge on any atom is -0.145 e. The summed E-state index contributed by atoms with van der Waals surface area (Å²) >= 11 is 5.63. The van der Waals surface area contributed by atoms with Crippen LogP contribution in [0, 0.1) is 11.8 Å². The standard InChI is InChI=1S/C7H6ClNO/c1-5-4-6(8)2-3-7(5)9-10/h2-4H,1H3. The molecule has 1 aromatic carbocycles. The Hall–Kier alpha value is -0.890. The third-order valence-corrected chi connectivity index (χ3v) is 1.49. The first-order valence-corrected chi connectivity index (χ1v) is 3.21. The van der Waals surface area contributed by atoms with E-state index in [1.807, 2.05) is 0 Å². The number of nitroso groups, excluding NO2 is 1. The molecule has 10 heavy (non-hydrogen) atoms. The fourth-order valence-corrected chi connectivity index (χ4v) is 0.948. The minimum atomic E-state index is 0.449. The number of halogens is 1. The normalized spacial score (nSPS) is 9.40. The lowest BCUT2D eigenvalue weighted by Crippen LogP contribution is -1.71. The zero-order chi connectivity index (χ0) is 7.56. The van der Waals surface area contributed by atoms with E-state index in [-0.39, 0.29) is 0 Å². The summed E-state index contributed by atoms with van der Waals surface area (Å²) in [7, 11) is 0. The third-order valence-electron chi connectivity index (χ3n) is 1.26. The van der Waals surface area contributed by atoms with E-state index in [1.165, 1.54) is 0 Å². The Morgan fingerprint density at radius 1 is 1.50 bits per heavy atom. The van der Waals surface area contributed by atoms with Crippen molar-refractivity contribution in [2.24, 2.45) is 5.18 Å². The summed E-state index contributed by atoms with van der Waals surface area (Å²) in [6.45, 7) is 1.79. The highest BCUT2D eigenvalue weighted by molar-refractivity contribution is 6.30. The molecule has 0 N–H and O–H groups in total. The van der Waals surface area contributed by atoms with Crippen LogP contribution in [0.5, 0.6) is 0 Å². The summed E-state index contributed by atoms with van der Waals surface area (Å²) in [6.07, 6.45) is 0. The number of benzene rings is 1. The van der Waals surface area contributed by atoms with Gasteiger partial charge in [-0.15, -0.1) is 4.91 Å². The summed E-state index contributed by atoms with van der Waals surface area (Å²) < 4.78 is 0. The fourth-order valence-electron chi connectivity index (χ4n) is 0.721. The van der Waals surface area contributed by atoms with Gasteiger partial charge in [0.15, 0.2) is 0 Å². The molecule has 0 atom stereocenters. The summed E-state index contributed by atoms with van der Waals surface area (Å²) in [5, 5.41) is 3.43. The highest BCUT2D eigenvalue weighted by Gasteiger charge is 1.96. The van der Waals surface area contributed by atoms with Crippen molar-refractivity contribution in [2.75, 3.05) is 0 Å². The maximum atomic E-state index is 10.0. The van der Waals surface area contributed by atoms with Crippen molar-refractivity contribution in [3.05, 3.63) is 33.7 Å². The monoisotopic (exact) mass is 155 g/mol. The van der Waals surface area contributed by atoms with E-state index < -0.39 is 0 Å². The molecule has 0 aromatic heterocycles. The average Bonchev–Trinajstić information content (AvgIpc) is 1.88. The van der Waals surface area contributed by atoms with Gasteiger partial charge in [-0.3, -0.25) is 0 Å². The molecular formula is C7H6ClNO. The molecule has 0 spiro atoms. The lowest BCUT2D eigenvalue weighted by Gasteiger charge is -1.94. The molecule has 0 fully saturated rings. The number of hydrogen-bond donors (Lipinski definition) is 0. The molecule has 0 saturated carbocycles. The Kier molecular flexibility index (Phi) is 2.02. The largest absolute Gasteiger partial charge is 0.145 e. The van der Waals surface area contributed by atoms with Gasteiger partial charge in [-0.25, -0.2) is 0 Å². The summed E-state index contributed by atoms with van der Waals surface area (Å²) in [5.41, 5.74) is 1.26. The molecule has 0 aliphatic rings. The molecule has 0 aliphatic carbocycles. The molecule has 2 nitrogen and oxygen atoms in total. The van der Waals surface area contributed by atoms with Gasteiger partial charge in [-0.05, 0) is 35.9 Å². The van der Waals surface area contributed by atoms with Gasteiger partial charge in [0.05, 0.1) is 0 Å². The first kappa shape index (κ1) is 7.22. The molecule has 0 bridgehead atoms. The third kappa shape index (κ3) is 1.33. The summed E-state index contributed by atoms with van der Waals surface area (Å²) in [4.78, 5) is 10.0. The summed E-state index contributed by atoms with van der Waals surface area (Å²) in [6, 6.07) is 4.95. The van der Waals surface area contributed by atoms with Gasteiger partial charge < -0.3 is 0 Å². The lowest BCUT2D eigenvalue weighted by molar-refractivity contribution is 1.39.